The topological polar surface area (TPSA) is 25.8 Å². The van der Waals surface area contributed by atoms with Gasteiger partial charge in [-0.15, -0.1) is 5.10 Å². The molecule has 2 aromatic rings. The first-order valence-corrected chi connectivity index (χ1v) is 8.07. The summed E-state index contributed by atoms with van der Waals surface area (Å²) in [5.41, 5.74) is 1.79. The highest BCUT2D eigenvalue weighted by atomic mass is 35.5. The Labute approximate surface area is 127 Å². The standard InChI is InChI=1S/C15H16ClFN2S/c1-9(14-11(16)3-2-4-12(14)17)5-8-13-15(10-6-7-10)18-19-20-13/h2-4,9-10H,5-8H2,1H3. The van der Waals surface area contributed by atoms with Crippen LogP contribution in [0.2, 0.25) is 5.02 Å². The van der Waals surface area contributed by atoms with Crippen LogP contribution in [0.5, 0.6) is 0 Å². The number of benzene rings is 1. The third-order valence-electron chi connectivity index (χ3n) is 3.85. The molecule has 0 spiro atoms. The fraction of sp³-hybridized carbons (Fsp3) is 0.467. The van der Waals surface area contributed by atoms with Crippen molar-refractivity contribution in [2.45, 2.75) is 44.4 Å². The lowest BCUT2D eigenvalue weighted by Gasteiger charge is -2.14. The van der Waals surface area contributed by atoms with Crippen molar-refractivity contribution in [3.63, 3.8) is 0 Å². The van der Waals surface area contributed by atoms with Gasteiger partial charge in [0.05, 0.1) is 5.69 Å². The second-order valence-electron chi connectivity index (χ2n) is 5.43. The summed E-state index contributed by atoms with van der Waals surface area (Å²) in [6.45, 7) is 2.02. The highest BCUT2D eigenvalue weighted by Gasteiger charge is 2.29. The Morgan fingerprint density at radius 1 is 1.45 bits per heavy atom. The summed E-state index contributed by atoms with van der Waals surface area (Å²) in [5, 5.41) is 4.75. The summed E-state index contributed by atoms with van der Waals surface area (Å²) in [6, 6.07) is 4.87. The number of aryl methyl sites for hydroxylation is 1. The van der Waals surface area contributed by atoms with Crippen LogP contribution in [0.3, 0.4) is 0 Å². The predicted molar refractivity (Wildman–Crippen MR) is 80.0 cm³/mol. The molecule has 1 fully saturated rings. The highest BCUT2D eigenvalue weighted by Crippen LogP contribution is 2.42. The van der Waals surface area contributed by atoms with Crippen molar-refractivity contribution < 1.29 is 4.39 Å². The molecule has 3 rings (SSSR count). The lowest BCUT2D eigenvalue weighted by Crippen LogP contribution is -2.01. The van der Waals surface area contributed by atoms with Crippen LogP contribution in [-0.2, 0) is 6.42 Å². The SMILES string of the molecule is CC(CCc1snnc1C1CC1)c1c(F)cccc1Cl. The minimum atomic E-state index is -0.213. The van der Waals surface area contributed by atoms with Crippen molar-refractivity contribution in [3.8, 4) is 0 Å². The summed E-state index contributed by atoms with van der Waals surface area (Å²) in [4.78, 5) is 1.26. The van der Waals surface area contributed by atoms with Gasteiger partial charge in [0.1, 0.15) is 5.82 Å². The molecule has 1 aliphatic carbocycles. The number of nitrogens with zero attached hydrogens (tertiary/aromatic N) is 2. The summed E-state index contributed by atoms with van der Waals surface area (Å²) >= 11 is 7.59. The monoisotopic (exact) mass is 310 g/mol. The molecule has 106 valence electrons. The molecule has 1 unspecified atom stereocenters. The number of halogens is 2. The Hall–Kier alpha value is -1.00. The molecule has 0 radical (unpaired) electrons. The van der Waals surface area contributed by atoms with Gasteiger partial charge in [-0.25, -0.2) is 4.39 Å². The Kier molecular flexibility index (Phi) is 4.03. The number of hydrogen-bond acceptors (Lipinski definition) is 3. The zero-order chi connectivity index (χ0) is 14.1. The van der Waals surface area contributed by atoms with E-state index in [2.05, 4.69) is 9.59 Å². The maximum Gasteiger partial charge on any atom is 0.128 e. The molecule has 1 atom stereocenters. The van der Waals surface area contributed by atoms with E-state index >= 15 is 0 Å². The fourth-order valence-electron chi connectivity index (χ4n) is 2.53. The summed E-state index contributed by atoms with van der Waals surface area (Å²) in [6.07, 6.45) is 4.22. The van der Waals surface area contributed by atoms with E-state index < -0.39 is 0 Å². The largest absolute Gasteiger partial charge is 0.207 e. The molecule has 1 aromatic carbocycles. The van der Waals surface area contributed by atoms with Crippen molar-refractivity contribution in [2.75, 3.05) is 0 Å². The number of hydrogen-bond donors (Lipinski definition) is 0. The van der Waals surface area contributed by atoms with Crippen molar-refractivity contribution in [2.24, 2.45) is 0 Å². The molecule has 1 heterocycles. The van der Waals surface area contributed by atoms with Gasteiger partial charge in [-0.05, 0) is 55.3 Å². The first-order valence-electron chi connectivity index (χ1n) is 6.92. The van der Waals surface area contributed by atoms with Crippen LogP contribution < -0.4 is 0 Å². The Bertz CT molecular complexity index is 589. The van der Waals surface area contributed by atoms with Crippen molar-refractivity contribution >= 4 is 23.1 Å². The first kappa shape index (κ1) is 14.0. The van der Waals surface area contributed by atoms with Crippen molar-refractivity contribution in [1.29, 1.82) is 0 Å². The van der Waals surface area contributed by atoms with Gasteiger partial charge in [0, 0.05) is 21.4 Å². The second kappa shape index (κ2) is 5.78. The number of aromatic nitrogens is 2. The minimum Gasteiger partial charge on any atom is -0.207 e. The third-order valence-corrected chi connectivity index (χ3v) is 4.97. The van der Waals surface area contributed by atoms with E-state index in [4.69, 9.17) is 11.6 Å². The van der Waals surface area contributed by atoms with Crippen LogP contribution in [0.4, 0.5) is 4.39 Å². The van der Waals surface area contributed by atoms with E-state index in [0.717, 1.165) is 12.8 Å². The zero-order valence-corrected chi connectivity index (χ0v) is 12.8. The van der Waals surface area contributed by atoms with E-state index in [-0.39, 0.29) is 11.7 Å². The summed E-state index contributed by atoms with van der Waals surface area (Å²) in [7, 11) is 0. The normalized spacial score (nSPS) is 16.4. The van der Waals surface area contributed by atoms with Crippen LogP contribution >= 0.6 is 23.1 Å². The van der Waals surface area contributed by atoms with Gasteiger partial charge in [-0.2, -0.15) is 0 Å². The molecule has 5 heteroatoms. The molecule has 1 saturated carbocycles. The van der Waals surface area contributed by atoms with Crippen LogP contribution in [0, 0.1) is 5.82 Å². The number of rotatable bonds is 5. The molecule has 0 amide bonds. The summed E-state index contributed by atoms with van der Waals surface area (Å²) < 4.78 is 17.9. The average Bonchev–Trinajstić information content (AvgIpc) is 3.15. The van der Waals surface area contributed by atoms with E-state index in [1.165, 1.54) is 41.0 Å². The van der Waals surface area contributed by atoms with Crippen LogP contribution in [0.1, 0.15) is 54.2 Å². The first-order chi connectivity index (χ1) is 9.66. The Morgan fingerprint density at radius 3 is 2.95 bits per heavy atom. The molecule has 1 aromatic heterocycles. The van der Waals surface area contributed by atoms with Gasteiger partial charge < -0.3 is 0 Å². The molecule has 0 aliphatic heterocycles. The van der Waals surface area contributed by atoms with E-state index in [1.807, 2.05) is 6.92 Å². The predicted octanol–water partition coefficient (Wildman–Crippen LogP) is 4.94. The summed E-state index contributed by atoms with van der Waals surface area (Å²) in [5.74, 6) is 0.504. The molecule has 0 saturated heterocycles. The third kappa shape index (κ3) is 2.86. The molecule has 0 bridgehead atoms. The molecule has 1 aliphatic rings. The molecule has 20 heavy (non-hydrogen) atoms. The van der Waals surface area contributed by atoms with Crippen LogP contribution in [-0.4, -0.2) is 9.59 Å². The van der Waals surface area contributed by atoms with Crippen LogP contribution in [0.15, 0.2) is 18.2 Å². The molecular weight excluding hydrogens is 295 g/mol. The van der Waals surface area contributed by atoms with Crippen LogP contribution in [0.25, 0.3) is 0 Å². The van der Waals surface area contributed by atoms with E-state index in [9.17, 15) is 4.39 Å². The lowest BCUT2D eigenvalue weighted by molar-refractivity contribution is 0.574. The fourth-order valence-corrected chi connectivity index (χ4v) is 3.62. The molecular formula is C15H16ClFN2S. The van der Waals surface area contributed by atoms with Gasteiger partial charge in [-0.1, -0.05) is 29.1 Å². The second-order valence-corrected chi connectivity index (χ2v) is 6.68. The van der Waals surface area contributed by atoms with E-state index in [1.54, 1.807) is 12.1 Å². The quantitative estimate of drug-likeness (QED) is 0.781. The Morgan fingerprint density at radius 2 is 2.25 bits per heavy atom. The molecule has 0 N–H and O–H groups in total. The maximum absolute atomic E-state index is 13.9. The maximum atomic E-state index is 13.9. The van der Waals surface area contributed by atoms with Crippen molar-refractivity contribution in [3.05, 3.63) is 45.2 Å². The van der Waals surface area contributed by atoms with Gasteiger partial charge in [0.2, 0.25) is 0 Å². The van der Waals surface area contributed by atoms with Crippen molar-refractivity contribution in [1.82, 2.24) is 9.59 Å². The lowest BCUT2D eigenvalue weighted by atomic mass is 9.95. The van der Waals surface area contributed by atoms with E-state index in [0.29, 0.717) is 16.5 Å². The van der Waals surface area contributed by atoms with Gasteiger partial charge in [0.25, 0.3) is 0 Å². The van der Waals surface area contributed by atoms with Gasteiger partial charge >= 0.3 is 0 Å². The smallest absolute Gasteiger partial charge is 0.128 e. The van der Waals surface area contributed by atoms with Gasteiger partial charge in [0.15, 0.2) is 0 Å². The van der Waals surface area contributed by atoms with Gasteiger partial charge in [-0.3, -0.25) is 0 Å². The Balaban J connectivity index is 1.70. The highest BCUT2D eigenvalue weighted by molar-refractivity contribution is 7.05. The minimum absolute atomic E-state index is 0.0952. The molecule has 2 nitrogen and oxygen atoms in total. The average molecular weight is 311 g/mol. The zero-order valence-electron chi connectivity index (χ0n) is 11.3.